The van der Waals surface area contributed by atoms with Crippen LogP contribution in [0.15, 0.2) is 48.5 Å². The summed E-state index contributed by atoms with van der Waals surface area (Å²) in [5.74, 6) is -0.262. The van der Waals surface area contributed by atoms with Crippen LogP contribution in [0, 0.1) is 0 Å². The van der Waals surface area contributed by atoms with Gasteiger partial charge >= 0.3 is 12.4 Å². The lowest BCUT2D eigenvalue weighted by Gasteiger charge is -2.19. The van der Waals surface area contributed by atoms with Crippen molar-refractivity contribution in [3.05, 3.63) is 70.8 Å². The molecule has 0 spiro atoms. The van der Waals surface area contributed by atoms with E-state index in [9.17, 15) is 26.3 Å². The van der Waals surface area contributed by atoms with Crippen molar-refractivity contribution in [2.45, 2.75) is 31.1 Å². The van der Waals surface area contributed by atoms with E-state index in [0.717, 1.165) is 30.7 Å². The van der Waals surface area contributed by atoms with E-state index < -0.39 is 23.5 Å². The summed E-state index contributed by atoms with van der Waals surface area (Å²) >= 11 is 3.30. The van der Waals surface area contributed by atoms with E-state index in [1.54, 1.807) is 0 Å². The minimum atomic E-state index is -4.42. The van der Waals surface area contributed by atoms with Gasteiger partial charge in [0.15, 0.2) is 0 Å². The van der Waals surface area contributed by atoms with Crippen LogP contribution >= 0.6 is 15.9 Å². The molecule has 0 fully saturated rings. The van der Waals surface area contributed by atoms with Gasteiger partial charge in [-0.25, -0.2) is 0 Å². The summed E-state index contributed by atoms with van der Waals surface area (Å²) < 4.78 is 76.1. The number of hydrogen-bond donors (Lipinski definition) is 0. The van der Waals surface area contributed by atoms with E-state index in [1.165, 1.54) is 24.3 Å². The Morgan fingerprint density at radius 3 is 1.32 bits per heavy atom. The third-order valence-corrected chi connectivity index (χ3v) is 4.47. The van der Waals surface area contributed by atoms with Gasteiger partial charge < -0.3 is 0 Å². The predicted molar refractivity (Wildman–Crippen MR) is 87.8 cm³/mol. The second kappa shape index (κ2) is 7.81. The van der Waals surface area contributed by atoms with Gasteiger partial charge in [0.25, 0.3) is 0 Å². The molecule has 0 aliphatic rings. The number of hydrogen-bond acceptors (Lipinski definition) is 0. The second-order valence-corrected chi connectivity index (χ2v) is 6.42. The van der Waals surface area contributed by atoms with E-state index in [2.05, 4.69) is 15.9 Å². The van der Waals surface area contributed by atoms with Gasteiger partial charge in [0.2, 0.25) is 0 Å². The fourth-order valence-corrected chi connectivity index (χ4v) is 2.94. The van der Waals surface area contributed by atoms with Crippen molar-refractivity contribution in [1.82, 2.24) is 0 Å². The molecule has 0 bridgehead atoms. The van der Waals surface area contributed by atoms with Gasteiger partial charge in [0, 0.05) is 11.2 Å². The van der Waals surface area contributed by atoms with Gasteiger partial charge in [-0.05, 0) is 48.2 Å². The minimum absolute atomic E-state index is 0.262. The highest BCUT2D eigenvalue weighted by Crippen LogP contribution is 2.35. The molecule has 0 saturated heterocycles. The lowest BCUT2D eigenvalue weighted by Crippen LogP contribution is -2.08. The quantitative estimate of drug-likeness (QED) is 0.356. The van der Waals surface area contributed by atoms with Crippen molar-refractivity contribution in [2.75, 3.05) is 5.33 Å². The first-order chi connectivity index (χ1) is 11.6. The molecule has 0 N–H and O–H groups in total. The maximum absolute atomic E-state index is 12.7. The van der Waals surface area contributed by atoms with Gasteiger partial charge in [0.05, 0.1) is 11.1 Å². The first-order valence-corrected chi connectivity index (χ1v) is 8.65. The van der Waals surface area contributed by atoms with E-state index >= 15 is 0 Å². The Balaban J connectivity index is 2.32. The summed E-state index contributed by atoms with van der Waals surface area (Å²) in [7, 11) is 0. The summed E-state index contributed by atoms with van der Waals surface area (Å²) in [4.78, 5) is 0. The lowest BCUT2D eigenvalue weighted by molar-refractivity contribution is -0.138. The highest BCUT2D eigenvalue weighted by Gasteiger charge is 2.31. The van der Waals surface area contributed by atoms with Crippen LogP contribution in [-0.4, -0.2) is 5.33 Å². The fourth-order valence-electron chi connectivity index (χ4n) is 2.62. The number of alkyl halides is 7. The Morgan fingerprint density at radius 1 is 0.680 bits per heavy atom. The molecule has 0 aromatic heterocycles. The van der Waals surface area contributed by atoms with Crippen molar-refractivity contribution in [3.8, 4) is 0 Å². The Bertz CT molecular complexity index is 613. The molecule has 2 aromatic carbocycles. The minimum Gasteiger partial charge on any atom is -0.166 e. The highest BCUT2D eigenvalue weighted by atomic mass is 79.9. The molecular weight excluding hydrogens is 410 g/mol. The van der Waals surface area contributed by atoms with Crippen molar-refractivity contribution in [3.63, 3.8) is 0 Å². The van der Waals surface area contributed by atoms with Crippen molar-refractivity contribution >= 4 is 15.9 Å². The maximum atomic E-state index is 12.7. The Kier molecular flexibility index (Phi) is 6.19. The van der Waals surface area contributed by atoms with Crippen LogP contribution in [0.5, 0.6) is 0 Å². The van der Waals surface area contributed by atoms with Crippen molar-refractivity contribution in [2.24, 2.45) is 0 Å². The monoisotopic (exact) mass is 424 g/mol. The molecule has 0 amide bonds. The van der Waals surface area contributed by atoms with Gasteiger partial charge in [-0.2, -0.15) is 26.3 Å². The van der Waals surface area contributed by atoms with Gasteiger partial charge in [-0.1, -0.05) is 40.2 Å². The second-order valence-electron chi connectivity index (χ2n) is 5.62. The standard InChI is InChI=1S/C18H15BrF6/c19-11-1-2-16(12-3-7-14(8-4-12)17(20,21)22)13-5-9-15(10-6-13)18(23,24)25/h3-10,16H,1-2,11H2. The molecule has 0 nitrogen and oxygen atoms in total. The zero-order valence-corrected chi connectivity index (χ0v) is 14.5. The van der Waals surface area contributed by atoms with Crippen LogP contribution in [0.25, 0.3) is 0 Å². The zero-order valence-electron chi connectivity index (χ0n) is 13.0. The van der Waals surface area contributed by atoms with Crippen LogP contribution in [-0.2, 0) is 12.4 Å². The van der Waals surface area contributed by atoms with Crippen molar-refractivity contribution in [1.29, 1.82) is 0 Å². The molecule has 2 aromatic rings. The van der Waals surface area contributed by atoms with Crippen LogP contribution in [0.1, 0.15) is 41.0 Å². The lowest BCUT2D eigenvalue weighted by atomic mass is 9.87. The van der Waals surface area contributed by atoms with Gasteiger partial charge in [-0.15, -0.1) is 0 Å². The smallest absolute Gasteiger partial charge is 0.166 e. The molecule has 0 aliphatic carbocycles. The molecule has 136 valence electrons. The molecule has 0 heterocycles. The number of rotatable bonds is 5. The van der Waals surface area contributed by atoms with E-state index in [-0.39, 0.29) is 5.92 Å². The summed E-state index contributed by atoms with van der Waals surface area (Å²) in [6.07, 6.45) is -7.48. The molecule has 0 saturated carbocycles. The SMILES string of the molecule is FC(F)(F)c1ccc(C(CCCBr)c2ccc(C(F)(F)F)cc2)cc1. The van der Waals surface area contributed by atoms with Crippen LogP contribution in [0.2, 0.25) is 0 Å². The zero-order chi connectivity index (χ0) is 18.7. The molecule has 2 rings (SSSR count). The molecule has 25 heavy (non-hydrogen) atoms. The van der Waals surface area contributed by atoms with Gasteiger partial charge in [0.1, 0.15) is 0 Å². The predicted octanol–water partition coefficient (Wildman–Crippen LogP) is 7.03. The summed E-state index contributed by atoms with van der Waals surface area (Å²) in [6, 6.07) is 9.56. The van der Waals surface area contributed by atoms with Crippen LogP contribution in [0.3, 0.4) is 0 Å². The first kappa shape index (κ1) is 19.8. The normalized spacial score (nSPS) is 12.6. The average molecular weight is 425 g/mol. The average Bonchev–Trinajstić information content (AvgIpc) is 2.54. The third-order valence-electron chi connectivity index (χ3n) is 3.91. The molecular formula is C18H15BrF6. The van der Waals surface area contributed by atoms with Gasteiger partial charge in [-0.3, -0.25) is 0 Å². The third kappa shape index (κ3) is 5.23. The fraction of sp³-hybridized carbons (Fsp3) is 0.333. The van der Waals surface area contributed by atoms with E-state index in [1.807, 2.05) is 0 Å². The Hall–Kier alpha value is -1.50. The molecule has 0 unspecified atom stereocenters. The van der Waals surface area contributed by atoms with Crippen molar-refractivity contribution < 1.29 is 26.3 Å². The largest absolute Gasteiger partial charge is 0.416 e. The number of benzene rings is 2. The topological polar surface area (TPSA) is 0 Å². The molecule has 7 heteroatoms. The summed E-state index contributed by atoms with van der Waals surface area (Å²) in [5.41, 5.74) is -0.201. The highest BCUT2D eigenvalue weighted by molar-refractivity contribution is 9.09. The maximum Gasteiger partial charge on any atom is 0.416 e. The van der Waals surface area contributed by atoms with E-state index in [0.29, 0.717) is 22.9 Å². The molecule has 0 atom stereocenters. The summed E-state index contributed by atoms with van der Waals surface area (Å²) in [6.45, 7) is 0. The van der Waals surface area contributed by atoms with Crippen LogP contribution < -0.4 is 0 Å². The van der Waals surface area contributed by atoms with E-state index in [4.69, 9.17) is 0 Å². The summed E-state index contributed by atoms with van der Waals surface area (Å²) in [5, 5.41) is 0.699. The first-order valence-electron chi connectivity index (χ1n) is 7.53. The Morgan fingerprint density at radius 2 is 1.04 bits per heavy atom. The van der Waals surface area contributed by atoms with Crippen LogP contribution in [0.4, 0.5) is 26.3 Å². The molecule has 0 aliphatic heterocycles. The number of halogens is 7. The Labute approximate surface area is 150 Å². The molecule has 0 radical (unpaired) electrons.